The summed E-state index contributed by atoms with van der Waals surface area (Å²) in [6.07, 6.45) is 5.48. The van der Waals surface area contributed by atoms with Gasteiger partial charge in [0.1, 0.15) is 10.7 Å². The smallest absolute Gasteiger partial charge is 0.225 e. The van der Waals surface area contributed by atoms with Gasteiger partial charge in [0.2, 0.25) is 5.95 Å². The van der Waals surface area contributed by atoms with E-state index in [1.807, 2.05) is 0 Å². The maximum Gasteiger partial charge on any atom is 0.225 e. The number of nitrogens with two attached hydrogens (primary N) is 1. The van der Waals surface area contributed by atoms with Crippen molar-refractivity contribution in [3.05, 3.63) is 18.0 Å². The van der Waals surface area contributed by atoms with Crippen molar-refractivity contribution in [1.82, 2.24) is 9.97 Å². The molecule has 0 bridgehead atoms. The van der Waals surface area contributed by atoms with Crippen LogP contribution in [0.3, 0.4) is 0 Å². The van der Waals surface area contributed by atoms with E-state index in [4.69, 9.17) is 18.0 Å². The Morgan fingerprint density at radius 3 is 3.18 bits per heavy atom. The van der Waals surface area contributed by atoms with Crippen LogP contribution in [0.1, 0.15) is 31.9 Å². The highest BCUT2D eigenvalue weighted by Crippen LogP contribution is 2.23. The molecule has 0 spiro atoms. The molecule has 92 valence electrons. The summed E-state index contributed by atoms with van der Waals surface area (Å²) in [7, 11) is 0. The summed E-state index contributed by atoms with van der Waals surface area (Å²) in [5.74, 6) is 1.53. The zero-order valence-corrected chi connectivity index (χ0v) is 10.9. The number of rotatable bonds is 4. The second kappa shape index (κ2) is 5.40. The molecule has 2 rings (SSSR count). The van der Waals surface area contributed by atoms with Crippen molar-refractivity contribution in [2.45, 2.75) is 26.2 Å². The Balaban J connectivity index is 2.08. The lowest BCUT2D eigenvalue weighted by atomic mass is 10.0. The van der Waals surface area contributed by atoms with Crippen LogP contribution in [-0.2, 0) is 0 Å². The molecule has 1 saturated heterocycles. The molecule has 2 N–H and O–H groups in total. The zero-order chi connectivity index (χ0) is 12.3. The Labute approximate surface area is 107 Å². The maximum absolute atomic E-state index is 5.58. The minimum absolute atomic E-state index is 0.331. The van der Waals surface area contributed by atoms with Crippen LogP contribution in [0.2, 0.25) is 0 Å². The molecule has 0 aromatic carbocycles. The molecule has 1 aromatic heterocycles. The standard InChI is InChI=1S/C12H18N4S/c1-2-3-9-5-7-16(8-9)12-14-6-4-10(15-12)11(13)17/h4,6,9H,2-3,5,7-8H2,1H3,(H2,13,17). The van der Waals surface area contributed by atoms with Gasteiger partial charge in [-0.3, -0.25) is 0 Å². The number of thiocarbonyl (C=S) groups is 1. The van der Waals surface area contributed by atoms with E-state index in [9.17, 15) is 0 Å². The molecule has 0 radical (unpaired) electrons. The first-order valence-corrected chi connectivity index (χ1v) is 6.49. The monoisotopic (exact) mass is 250 g/mol. The van der Waals surface area contributed by atoms with Crippen molar-refractivity contribution in [3.8, 4) is 0 Å². The van der Waals surface area contributed by atoms with Crippen LogP contribution < -0.4 is 10.6 Å². The van der Waals surface area contributed by atoms with Gasteiger partial charge in [0.15, 0.2) is 0 Å². The fourth-order valence-corrected chi connectivity index (χ4v) is 2.41. The largest absolute Gasteiger partial charge is 0.388 e. The molecule has 1 aromatic rings. The van der Waals surface area contributed by atoms with E-state index < -0.39 is 0 Å². The Hall–Kier alpha value is -1.23. The lowest BCUT2D eigenvalue weighted by Gasteiger charge is -2.16. The number of hydrogen-bond acceptors (Lipinski definition) is 4. The number of hydrogen-bond donors (Lipinski definition) is 1. The van der Waals surface area contributed by atoms with Gasteiger partial charge in [-0.05, 0) is 24.8 Å². The van der Waals surface area contributed by atoms with Gasteiger partial charge in [0, 0.05) is 19.3 Å². The quantitative estimate of drug-likeness (QED) is 0.825. The van der Waals surface area contributed by atoms with Gasteiger partial charge in [-0.25, -0.2) is 9.97 Å². The molecule has 4 nitrogen and oxygen atoms in total. The first kappa shape index (κ1) is 12.2. The van der Waals surface area contributed by atoms with Gasteiger partial charge in [0.05, 0.1) is 0 Å². The molecule has 1 atom stereocenters. The first-order valence-electron chi connectivity index (χ1n) is 6.08. The normalized spacial score (nSPS) is 19.6. The van der Waals surface area contributed by atoms with Crippen molar-refractivity contribution < 1.29 is 0 Å². The van der Waals surface area contributed by atoms with E-state index in [0.717, 1.165) is 25.0 Å². The maximum atomic E-state index is 5.58. The summed E-state index contributed by atoms with van der Waals surface area (Å²) >= 11 is 4.93. The van der Waals surface area contributed by atoms with Gasteiger partial charge < -0.3 is 10.6 Å². The SMILES string of the molecule is CCCC1CCN(c2nccc(C(N)=S)n2)C1. The Kier molecular flexibility index (Phi) is 3.89. The summed E-state index contributed by atoms with van der Waals surface area (Å²) in [4.78, 5) is 11.3. The van der Waals surface area contributed by atoms with Crippen molar-refractivity contribution in [2.75, 3.05) is 18.0 Å². The first-order chi connectivity index (χ1) is 8.20. The number of aromatic nitrogens is 2. The summed E-state index contributed by atoms with van der Waals surface area (Å²) < 4.78 is 0. The van der Waals surface area contributed by atoms with Gasteiger partial charge in [-0.2, -0.15) is 0 Å². The zero-order valence-electron chi connectivity index (χ0n) is 10.1. The van der Waals surface area contributed by atoms with Crippen LogP contribution in [-0.4, -0.2) is 28.0 Å². The highest BCUT2D eigenvalue weighted by Gasteiger charge is 2.23. The van der Waals surface area contributed by atoms with E-state index in [2.05, 4.69) is 21.8 Å². The summed E-state index contributed by atoms with van der Waals surface area (Å²) in [5, 5.41) is 0. The average molecular weight is 250 g/mol. The summed E-state index contributed by atoms with van der Waals surface area (Å²) in [6.45, 7) is 4.31. The van der Waals surface area contributed by atoms with Crippen LogP contribution in [0.4, 0.5) is 5.95 Å². The summed E-state index contributed by atoms with van der Waals surface area (Å²) in [5.41, 5.74) is 6.24. The fourth-order valence-electron chi connectivity index (χ4n) is 2.30. The molecule has 17 heavy (non-hydrogen) atoms. The average Bonchev–Trinajstić information content (AvgIpc) is 2.78. The highest BCUT2D eigenvalue weighted by atomic mass is 32.1. The molecule has 0 saturated carbocycles. The molecule has 1 aliphatic rings. The second-order valence-corrected chi connectivity index (χ2v) is 4.94. The predicted octanol–water partition coefficient (Wildman–Crippen LogP) is 1.74. The molecule has 1 unspecified atom stereocenters. The van der Waals surface area contributed by atoms with Crippen LogP contribution in [0.15, 0.2) is 12.3 Å². The van der Waals surface area contributed by atoms with Crippen molar-refractivity contribution in [2.24, 2.45) is 11.7 Å². The third-order valence-corrected chi connectivity index (χ3v) is 3.37. The minimum Gasteiger partial charge on any atom is -0.388 e. The Bertz CT molecular complexity index is 407. The molecular weight excluding hydrogens is 232 g/mol. The van der Waals surface area contributed by atoms with Gasteiger partial charge in [0.25, 0.3) is 0 Å². The molecular formula is C12H18N4S. The van der Waals surface area contributed by atoms with Crippen LogP contribution in [0.25, 0.3) is 0 Å². The van der Waals surface area contributed by atoms with E-state index in [1.165, 1.54) is 19.3 Å². The number of nitrogens with zero attached hydrogens (tertiary/aromatic N) is 3. The third-order valence-electron chi connectivity index (χ3n) is 3.16. The van der Waals surface area contributed by atoms with Crippen molar-refractivity contribution in [1.29, 1.82) is 0 Å². The van der Waals surface area contributed by atoms with Crippen molar-refractivity contribution in [3.63, 3.8) is 0 Å². The molecule has 1 fully saturated rings. The van der Waals surface area contributed by atoms with E-state index in [0.29, 0.717) is 10.7 Å². The molecule has 1 aliphatic heterocycles. The third kappa shape index (κ3) is 2.91. The minimum atomic E-state index is 0.331. The fraction of sp³-hybridized carbons (Fsp3) is 0.583. The van der Waals surface area contributed by atoms with Crippen LogP contribution >= 0.6 is 12.2 Å². The van der Waals surface area contributed by atoms with Gasteiger partial charge in [-0.1, -0.05) is 25.6 Å². The van der Waals surface area contributed by atoms with Gasteiger partial charge >= 0.3 is 0 Å². The number of anilines is 1. The highest BCUT2D eigenvalue weighted by molar-refractivity contribution is 7.80. The second-order valence-electron chi connectivity index (χ2n) is 4.50. The Morgan fingerprint density at radius 2 is 2.47 bits per heavy atom. The van der Waals surface area contributed by atoms with Crippen molar-refractivity contribution >= 4 is 23.2 Å². The van der Waals surface area contributed by atoms with Crippen LogP contribution in [0.5, 0.6) is 0 Å². The predicted molar refractivity (Wildman–Crippen MR) is 73.1 cm³/mol. The van der Waals surface area contributed by atoms with E-state index in [1.54, 1.807) is 12.3 Å². The van der Waals surface area contributed by atoms with E-state index in [-0.39, 0.29) is 0 Å². The Morgan fingerprint density at radius 1 is 1.65 bits per heavy atom. The lowest BCUT2D eigenvalue weighted by Crippen LogP contribution is -2.23. The molecule has 2 heterocycles. The molecule has 0 amide bonds. The molecule has 5 heteroatoms. The topological polar surface area (TPSA) is 55.0 Å². The summed E-state index contributed by atoms with van der Waals surface area (Å²) in [6, 6.07) is 1.76. The van der Waals surface area contributed by atoms with E-state index >= 15 is 0 Å². The van der Waals surface area contributed by atoms with Gasteiger partial charge in [-0.15, -0.1) is 0 Å². The molecule has 0 aliphatic carbocycles. The lowest BCUT2D eigenvalue weighted by molar-refractivity contribution is 0.529. The van der Waals surface area contributed by atoms with Crippen LogP contribution in [0, 0.1) is 5.92 Å².